The number of anilines is 1. The molecule has 4 rings (SSSR count). The van der Waals surface area contributed by atoms with Crippen molar-refractivity contribution in [3.8, 4) is 16.9 Å². The third kappa shape index (κ3) is 8.18. The highest BCUT2D eigenvalue weighted by molar-refractivity contribution is 6.05. The van der Waals surface area contributed by atoms with Crippen molar-refractivity contribution in [1.82, 2.24) is 5.43 Å². The summed E-state index contributed by atoms with van der Waals surface area (Å²) in [6, 6.07) is 35.0. The minimum atomic E-state index is -0.238. The maximum Gasteiger partial charge on any atom is 0.244 e. The zero-order chi connectivity index (χ0) is 25.9. The standard InChI is InChI=1S/C31H29N3O3/c1-23(33-34-31(36)21-24-12-14-27(15-13-24)26-10-6-3-7-11-26)20-30(35)32-28-16-18-29(19-17-28)37-22-25-8-4-2-5-9-25/h2-19H,20-22H2,1H3,(H,32,35)(H,34,36)/b33-23+. The van der Waals surface area contributed by atoms with E-state index in [1.165, 1.54) is 0 Å². The number of nitrogens with one attached hydrogen (secondary N) is 2. The molecule has 0 radical (unpaired) electrons. The maximum absolute atomic E-state index is 12.4. The van der Waals surface area contributed by atoms with Crippen molar-refractivity contribution < 1.29 is 14.3 Å². The van der Waals surface area contributed by atoms with Crippen LogP contribution in [-0.2, 0) is 22.6 Å². The molecule has 0 atom stereocenters. The predicted octanol–water partition coefficient (Wildman–Crippen LogP) is 6.00. The van der Waals surface area contributed by atoms with Gasteiger partial charge in [0.1, 0.15) is 12.4 Å². The fourth-order valence-corrected chi connectivity index (χ4v) is 3.68. The van der Waals surface area contributed by atoms with Crippen LogP contribution in [0.3, 0.4) is 0 Å². The van der Waals surface area contributed by atoms with Crippen molar-refractivity contribution in [3.05, 3.63) is 120 Å². The van der Waals surface area contributed by atoms with Gasteiger partial charge < -0.3 is 10.1 Å². The van der Waals surface area contributed by atoms with Crippen LogP contribution in [0.25, 0.3) is 11.1 Å². The lowest BCUT2D eigenvalue weighted by atomic mass is 10.0. The Bertz CT molecular complexity index is 1330. The molecule has 0 aliphatic carbocycles. The molecule has 0 aromatic heterocycles. The van der Waals surface area contributed by atoms with Crippen LogP contribution in [0.5, 0.6) is 5.75 Å². The van der Waals surface area contributed by atoms with Gasteiger partial charge >= 0.3 is 0 Å². The van der Waals surface area contributed by atoms with E-state index in [1.54, 1.807) is 19.1 Å². The van der Waals surface area contributed by atoms with E-state index >= 15 is 0 Å². The number of hydrogen-bond donors (Lipinski definition) is 2. The van der Waals surface area contributed by atoms with Gasteiger partial charge in [0, 0.05) is 11.4 Å². The summed E-state index contributed by atoms with van der Waals surface area (Å²) >= 11 is 0. The van der Waals surface area contributed by atoms with Crippen molar-refractivity contribution in [2.45, 2.75) is 26.4 Å². The van der Waals surface area contributed by atoms with Crippen molar-refractivity contribution in [1.29, 1.82) is 0 Å². The Morgan fingerprint density at radius 1 is 0.703 bits per heavy atom. The van der Waals surface area contributed by atoms with Gasteiger partial charge in [0.05, 0.1) is 12.8 Å². The summed E-state index contributed by atoms with van der Waals surface area (Å²) in [5.74, 6) is 0.264. The van der Waals surface area contributed by atoms with Crippen LogP contribution in [0, 0.1) is 0 Å². The van der Waals surface area contributed by atoms with Gasteiger partial charge in [-0.1, -0.05) is 84.9 Å². The molecule has 4 aromatic rings. The number of amides is 2. The molecule has 0 saturated carbocycles. The monoisotopic (exact) mass is 491 g/mol. The van der Waals surface area contributed by atoms with Crippen LogP contribution < -0.4 is 15.5 Å². The highest BCUT2D eigenvalue weighted by Crippen LogP contribution is 2.20. The second-order valence-corrected chi connectivity index (χ2v) is 8.65. The molecule has 0 spiro atoms. The summed E-state index contributed by atoms with van der Waals surface area (Å²) in [7, 11) is 0. The van der Waals surface area contributed by atoms with Gasteiger partial charge in [-0.3, -0.25) is 9.59 Å². The molecule has 0 bridgehead atoms. The first-order chi connectivity index (χ1) is 18.0. The van der Waals surface area contributed by atoms with Crippen molar-refractivity contribution in [2.75, 3.05) is 5.32 Å². The molecule has 2 amide bonds. The normalized spacial score (nSPS) is 11.0. The number of hydrogen-bond acceptors (Lipinski definition) is 4. The van der Waals surface area contributed by atoms with E-state index in [9.17, 15) is 9.59 Å². The van der Waals surface area contributed by atoms with Gasteiger partial charge in [-0.2, -0.15) is 5.10 Å². The number of benzene rings is 4. The maximum atomic E-state index is 12.4. The van der Waals surface area contributed by atoms with Gasteiger partial charge in [-0.15, -0.1) is 0 Å². The first-order valence-corrected chi connectivity index (χ1v) is 12.1. The summed E-state index contributed by atoms with van der Waals surface area (Å²) in [5, 5.41) is 6.90. The molecule has 0 aliphatic rings. The Kier molecular flexibility index (Phi) is 8.81. The average Bonchev–Trinajstić information content (AvgIpc) is 2.93. The lowest BCUT2D eigenvalue weighted by Crippen LogP contribution is -2.22. The van der Waals surface area contributed by atoms with Crippen LogP contribution in [0.4, 0.5) is 5.69 Å². The highest BCUT2D eigenvalue weighted by atomic mass is 16.5. The molecule has 6 nitrogen and oxygen atoms in total. The van der Waals surface area contributed by atoms with Crippen molar-refractivity contribution >= 4 is 23.2 Å². The fraction of sp³-hybridized carbons (Fsp3) is 0.129. The lowest BCUT2D eigenvalue weighted by molar-refractivity contribution is -0.120. The van der Waals surface area contributed by atoms with Gasteiger partial charge in [0.2, 0.25) is 11.8 Å². The van der Waals surface area contributed by atoms with E-state index in [1.807, 2.05) is 97.1 Å². The molecule has 0 heterocycles. The van der Waals surface area contributed by atoms with E-state index in [2.05, 4.69) is 15.8 Å². The van der Waals surface area contributed by atoms with Gasteiger partial charge in [-0.05, 0) is 53.4 Å². The largest absolute Gasteiger partial charge is 0.489 e. The van der Waals surface area contributed by atoms with Crippen LogP contribution in [0.1, 0.15) is 24.5 Å². The molecule has 0 unspecified atom stereocenters. The van der Waals surface area contributed by atoms with E-state index in [-0.39, 0.29) is 24.7 Å². The van der Waals surface area contributed by atoms with Crippen LogP contribution in [0.15, 0.2) is 114 Å². The second-order valence-electron chi connectivity index (χ2n) is 8.65. The van der Waals surface area contributed by atoms with Gasteiger partial charge in [-0.25, -0.2) is 5.43 Å². The zero-order valence-electron chi connectivity index (χ0n) is 20.7. The quantitative estimate of drug-likeness (QED) is 0.211. The van der Waals surface area contributed by atoms with Crippen LogP contribution >= 0.6 is 0 Å². The third-order valence-corrected chi connectivity index (χ3v) is 5.60. The van der Waals surface area contributed by atoms with E-state index in [4.69, 9.17) is 4.74 Å². The second kappa shape index (κ2) is 12.8. The molecular formula is C31H29N3O3. The van der Waals surface area contributed by atoms with Gasteiger partial charge in [0.15, 0.2) is 0 Å². The smallest absolute Gasteiger partial charge is 0.244 e. The first kappa shape index (κ1) is 25.4. The Balaban J connectivity index is 1.20. The number of ether oxygens (including phenoxy) is 1. The minimum absolute atomic E-state index is 0.0678. The number of carbonyl (C=O) groups is 2. The highest BCUT2D eigenvalue weighted by Gasteiger charge is 2.07. The molecular weight excluding hydrogens is 462 g/mol. The van der Waals surface area contributed by atoms with E-state index in [0.717, 1.165) is 28.0 Å². The number of nitrogens with zero attached hydrogens (tertiary/aromatic N) is 1. The topological polar surface area (TPSA) is 79.8 Å². The molecule has 6 heteroatoms. The number of carbonyl (C=O) groups excluding carboxylic acids is 2. The summed E-state index contributed by atoms with van der Waals surface area (Å²) in [4.78, 5) is 24.7. The molecule has 0 saturated heterocycles. The van der Waals surface area contributed by atoms with Crippen LogP contribution in [0.2, 0.25) is 0 Å². The molecule has 186 valence electrons. The predicted molar refractivity (Wildman–Crippen MR) is 147 cm³/mol. The zero-order valence-corrected chi connectivity index (χ0v) is 20.7. The Hall–Kier alpha value is -4.71. The fourth-order valence-electron chi connectivity index (χ4n) is 3.68. The Morgan fingerprint density at radius 2 is 1.32 bits per heavy atom. The lowest BCUT2D eigenvalue weighted by Gasteiger charge is -2.09. The van der Waals surface area contributed by atoms with Gasteiger partial charge in [0.25, 0.3) is 0 Å². The Labute approximate surface area is 217 Å². The third-order valence-electron chi connectivity index (χ3n) is 5.60. The van der Waals surface area contributed by atoms with E-state index in [0.29, 0.717) is 18.0 Å². The number of hydrazone groups is 1. The Morgan fingerprint density at radius 3 is 2.00 bits per heavy atom. The van der Waals surface area contributed by atoms with Crippen LogP contribution in [-0.4, -0.2) is 17.5 Å². The minimum Gasteiger partial charge on any atom is -0.489 e. The summed E-state index contributed by atoms with van der Waals surface area (Å²) < 4.78 is 5.77. The summed E-state index contributed by atoms with van der Waals surface area (Å²) in [5.41, 5.74) is 7.90. The summed E-state index contributed by atoms with van der Waals surface area (Å²) in [6.45, 7) is 2.18. The molecule has 37 heavy (non-hydrogen) atoms. The molecule has 4 aromatic carbocycles. The molecule has 2 N–H and O–H groups in total. The van der Waals surface area contributed by atoms with Crippen molar-refractivity contribution in [2.24, 2.45) is 5.10 Å². The average molecular weight is 492 g/mol. The SMILES string of the molecule is C/C(CC(=O)Nc1ccc(OCc2ccccc2)cc1)=N\NC(=O)Cc1ccc(-c2ccccc2)cc1. The van der Waals surface area contributed by atoms with E-state index < -0.39 is 0 Å². The molecule has 0 aliphatic heterocycles. The summed E-state index contributed by atoms with van der Waals surface area (Å²) in [6.07, 6.45) is 0.273. The number of rotatable bonds is 10. The first-order valence-electron chi connectivity index (χ1n) is 12.1. The van der Waals surface area contributed by atoms with Crippen molar-refractivity contribution in [3.63, 3.8) is 0 Å². The molecule has 0 fully saturated rings.